The molecular formula is C73H124O6. The molecule has 0 amide bonds. The Morgan fingerprint density at radius 3 is 0.835 bits per heavy atom. The van der Waals surface area contributed by atoms with Gasteiger partial charge in [-0.05, 0) is 103 Å². The first-order chi connectivity index (χ1) is 39.0. The molecule has 0 aromatic carbocycles. The van der Waals surface area contributed by atoms with E-state index in [9.17, 15) is 14.4 Å². The molecule has 1 atom stereocenters. The van der Waals surface area contributed by atoms with Crippen LogP contribution < -0.4 is 0 Å². The van der Waals surface area contributed by atoms with Crippen molar-refractivity contribution >= 4 is 17.9 Å². The summed E-state index contributed by atoms with van der Waals surface area (Å²) in [6.45, 7) is 6.48. The Bertz CT molecular complexity index is 1590. The molecule has 1 unspecified atom stereocenters. The molecule has 0 radical (unpaired) electrons. The third-order valence-electron chi connectivity index (χ3n) is 14.2. The van der Waals surface area contributed by atoms with Crippen molar-refractivity contribution in [1.82, 2.24) is 0 Å². The van der Waals surface area contributed by atoms with Crippen molar-refractivity contribution in [3.05, 3.63) is 109 Å². The molecule has 452 valence electrons. The van der Waals surface area contributed by atoms with Crippen LogP contribution >= 0.6 is 0 Å². The maximum atomic E-state index is 12.9. The second-order valence-corrected chi connectivity index (χ2v) is 22.0. The minimum absolute atomic E-state index is 0.0799. The quantitative estimate of drug-likeness (QED) is 0.0261. The van der Waals surface area contributed by atoms with E-state index in [2.05, 4.69) is 130 Å². The van der Waals surface area contributed by atoms with Gasteiger partial charge in [-0.15, -0.1) is 0 Å². The standard InChI is InChI=1S/C73H124O6/c1-4-7-10-13-16-19-22-24-26-28-29-30-31-32-33-34-35-36-37-38-39-40-41-42-43-44-45-46-48-49-51-54-57-60-63-66-72(75)78-69-70(68-77-71(74)65-62-59-56-53-21-18-15-12-9-6-3)79-73(76)67-64-61-58-55-52-50-47-27-25-23-20-17-14-11-8-5-2/h7,10,12,15-16,19,24,26,29-30,32-33,35-36,38-39,41-42,70H,4-6,8-9,11,13-14,17-18,20-23,25,27-28,31,34,37,40,43-69H2,1-3H3/b10-7-,15-12-,19-16-,26-24-,30-29-,33-32-,36-35-,39-38-,42-41-. The fraction of sp³-hybridized carbons (Fsp3) is 0.712. The van der Waals surface area contributed by atoms with E-state index in [1.807, 2.05) is 0 Å². The number of unbranched alkanes of at least 4 members (excludes halogenated alkanes) is 31. The number of hydrogen-bond acceptors (Lipinski definition) is 6. The molecule has 0 bridgehead atoms. The predicted octanol–water partition coefficient (Wildman–Crippen LogP) is 23.0. The number of esters is 3. The molecule has 0 heterocycles. The minimum Gasteiger partial charge on any atom is -0.462 e. The summed E-state index contributed by atoms with van der Waals surface area (Å²) in [4.78, 5) is 38.2. The molecule has 0 saturated heterocycles. The van der Waals surface area contributed by atoms with Crippen LogP contribution in [0.1, 0.15) is 316 Å². The van der Waals surface area contributed by atoms with Gasteiger partial charge in [0, 0.05) is 19.3 Å². The molecule has 0 aliphatic rings. The summed E-state index contributed by atoms with van der Waals surface area (Å²) >= 11 is 0. The van der Waals surface area contributed by atoms with Gasteiger partial charge < -0.3 is 14.2 Å². The van der Waals surface area contributed by atoms with E-state index in [1.54, 1.807) is 0 Å². The van der Waals surface area contributed by atoms with Gasteiger partial charge in [0.25, 0.3) is 0 Å². The first kappa shape index (κ1) is 75.1. The number of ether oxygens (including phenoxy) is 3. The van der Waals surface area contributed by atoms with Crippen molar-refractivity contribution in [3.8, 4) is 0 Å². The molecule has 0 rings (SSSR count). The normalized spacial score (nSPS) is 12.8. The molecule has 0 aromatic heterocycles. The van der Waals surface area contributed by atoms with Crippen LogP contribution in [0.25, 0.3) is 0 Å². The number of allylic oxidation sites excluding steroid dienone is 18. The van der Waals surface area contributed by atoms with E-state index in [0.717, 1.165) is 122 Å². The third kappa shape index (κ3) is 64.8. The zero-order chi connectivity index (χ0) is 57.1. The maximum absolute atomic E-state index is 12.9. The Kier molecular flexibility index (Phi) is 63.3. The Labute approximate surface area is 489 Å². The lowest BCUT2D eigenvalue weighted by Gasteiger charge is -2.18. The molecule has 0 saturated carbocycles. The highest BCUT2D eigenvalue weighted by molar-refractivity contribution is 5.71. The molecule has 0 N–H and O–H groups in total. The monoisotopic (exact) mass is 1100 g/mol. The van der Waals surface area contributed by atoms with Crippen LogP contribution in [0.4, 0.5) is 0 Å². The van der Waals surface area contributed by atoms with Gasteiger partial charge in [-0.25, -0.2) is 0 Å². The Hall–Kier alpha value is -3.93. The van der Waals surface area contributed by atoms with Crippen LogP contribution in [0.15, 0.2) is 109 Å². The van der Waals surface area contributed by atoms with Crippen molar-refractivity contribution in [2.75, 3.05) is 13.2 Å². The summed E-state index contributed by atoms with van der Waals surface area (Å²) in [7, 11) is 0. The first-order valence-corrected chi connectivity index (χ1v) is 33.4. The second-order valence-electron chi connectivity index (χ2n) is 22.0. The molecule has 6 nitrogen and oxygen atoms in total. The van der Waals surface area contributed by atoms with Gasteiger partial charge in [-0.3, -0.25) is 14.4 Å². The van der Waals surface area contributed by atoms with E-state index in [1.165, 1.54) is 154 Å². The SMILES string of the molecule is CC/C=C\C/C=C\C/C=C\C/C=C\C/C=C\C/C=C\C/C=C\C/C=C\CCCCCCCCCCCCC(=O)OCC(COC(=O)CCCCCCC/C=C\CCC)OC(=O)CCCCCCCCCCCCCCCCCC. The van der Waals surface area contributed by atoms with E-state index < -0.39 is 6.10 Å². The zero-order valence-electron chi connectivity index (χ0n) is 51.9. The predicted molar refractivity (Wildman–Crippen MR) is 343 cm³/mol. The lowest BCUT2D eigenvalue weighted by molar-refractivity contribution is -0.167. The summed E-state index contributed by atoms with van der Waals surface area (Å²) in [6, 6.07) is 0. The van der Waals surface area contributed by atoms with Gasteiger partial charge in [0.1, 0.15) is 13.2 Å². The van der Waals surface area contributed by atoms with Crippen molar-refractivity contribution < 1.29 is 28.6 Å². The fourth-order valence-electron chi connectivity index (χ4n) is 9.29. The molecule has 0 aromatic rings. The summed E-state index contributed by atoms with van der Waals surface area (Å²) in [6.07, 6.45) is 91.1. The summed E-state index contributed by atoms with van der Waals surface area (Å²) in [5.41, 5.74) is 0. The molecule has 0 spiro atoms. The molecule has 6 heteroatoms. The van der Waals surface area contributed by atoms with Crippen molar-refractivity contribution in [3.63, 3.8) is 0 Å². The summed E-state index contributed by atoms with van der Waals surface area (Å²) < 4.78 is 16.9. The van der Waals surface area contributed by atoms with Crippen molar-refractivity contribution in [2.45, 2.75) is 322 Å². The lowest BCUT2D eigenvalue weighted by atomic mass is 10.0. The highest BCUT2D eigenvalue weighted by Gasteiger charge is 2.19. The highest BCUT2D eigenvalue weighted by atomic mass is 16.6. The smallest absolute Gasteiger partial charge is 0.306 e. The van der Waals surface area contributed by atoms with E-state index in [-0.39, 0.29) is 31.1 Å². The average molecular weight is 1100 g/mol. The van der Waals surface area contributed by atoms with E-state index in [4.69, 9.17) is 14.2 Å². The van der Waals surface area contributed by atoms with Crippen LogP contribution in [-0.2, 0) is 28.6 Å². The topological polar surface area (TPSA) is 78.9 Å². The molecular weight excluding hydrogens is 973 g/mol. The Balaban J connectivity index is 4.16. The second kappa shape index (κ2) is 66.6. The van der Waals surface area contributed by atoms with Crippen molar-refractivity contribution in [1.29, 1.82) is 0 Å². The summed E-state index contributed by atoms with van der Waals surface area (Å²) in [5, 5.41) is 0. The number of carbonyl (C=O) groups is 3. The highest BCUT2D eigenvalue weighted by Crippen LogP contribution is 2.17. The van der Waals surface area contributed by atoms with Gasteiger partial charge in [0.2, 0.25) is 0 Å². The van der Waals surface area contributed by atoms with Crippen LogP contribution in [0.2, 0.25) is 0 Å². The molecule has 0 aliphatic heterocycles. The van der Waals surface area contributed by atoms with Crippen LogP contribution in [0.3, 0.4) is 0 Å². The van der Waals surface area contributed by atoms with Gasteiger partial charge in [0.15, 0.2) is 6.10 Å². The Morgan fingerprint density at radius 2 is 0.519 bits per heavy atom. The average Bonchev–Trinajstić information content (AvgIpc) is 3.45. The van der Waals surface area contributed by atoms with Crippen molar-refractivity contribution in [2.24, 2.45) is 0 Å². The van der Waals surface area contributed by atoms with Gasteiger partial charge in [-0.2, -0.15) is 0 Å². The molecule has 0 fully saturated rings. The van der Waals surface area contributed by atoms with E-state index >= 15 is 0 Å². The van der Waals surface area contributed by atoms with Crippen LogP contribution in [-0.4, -0.2) is 37.2 Å². The summed E-state index contributed by atoms with van der Waals surface area (Å²) in [5.74, 6) is -0.884. The van der Waals surface area contributed by atoms with Gasteiger partial charge in [0.05, 0.1) is 0 Å². The maximum Gasteiger partial charge on any atom is 0.306 e. The first-order valence-electron chi connectivity index (χ1n) is 33.4. The van der Waals surface area contributed by atoms with Crippen LogP contribution in [0, 0.1) is 0 Å². The largest absolute Gasteiger partial charge is 0.462 e. The number of hydrogen-bond donors (Lipinski definition) is 0. The number of rotatable bonds is 60. The van der Waals surface area contributed by atoms with E-state index in [0.29, 0.717) is 19.3 Å². The lowest BCUT2D eigenvalue weighted by Crippen LogP contribution is -2.30. The minimum atomic E-state index is -0.781. The number of carbonyl (C=O) groups excluding carboxylic acids is 3. The molecule has 0 aliphatic carbocycles. The van der Waals surface area contributed by atoms with Gasteiger partial charge >= 0.3 is 17.9 Å². The van der Waals surface area contributed by atoms with Crippen LogP contribution in [0.5, 0.6) is 0 Å². The molecule has 79 heavy (non-hydrogen) atoms. The zero-order valence-corrected chi connectivity index (χ0v) is 51.9. The van der Waals surface area contributed by atoms with Gasteiger partial charge in [-0.1, -0.05) is 304 Å². The Morgan fingerprint density at radius 1 is 0.266 bits per heavy atom. The third-order valence-corrected chi connectivity index (χ3v) is 14.2. The fourth-order valence-corrected chi connectivity index (χ4v) is 9.29.